The van der Waals surface area contributed by atoms with Crippen LogP contribution in [-0.4, -0.2) is 28.8 Å². The largest absolute Gasteiger partial charge is 0.314 e. The molecular weight excluding hydrogens is 406 g/mol. The van der Waals surface area contributed by atoms with Crippen molar-refractivity contribution in [1.29, 1.82) is 0 Å². The fourth-order valence-corrected chi connectivity index (χ4v) is 5.41. The molecule has 0 unspecified atom stereocenters. The second-order valence-electron chi connectivity index (χ2n) is 7.31. The summed E-state index contributed by atoms with van der Waals surface area (Å²) in [5, 5.41) is 4.04. The molecule has 0 bridgehead atoms. The highest BCUT2D eigenvalue weighted by Gasteiger charge is 2.23. The van der Waals surface area contributed by atoms with Crippen molar-refractivity contribution in [1.82, 2.24) is 19.1 Å². The number of nitrogens with one attached hydrogen (secondary N) is 2. The summed E-state index contributed by atoms with van der Waals surface area (Å²) in [5.41, 5.74) is 3.45. The van der Waals surface area contributed by atoms with Crippen LogP contribution in [0.4, 0.5) is 10.9 Å². The van der Waals surface area contributed by atoms with E-state index in [0.717, 1.165) is 53.2 Å². The van der Waals surface area contributed by atoms with Gasteiger partial charge in [-0.1, -0.05) is 25.0 Å². The van der Waals surface area contributed by atoms with E-state index in [4.69, 9.17) is 0 Å². The van der Waals surface area contributed by atoms with E-state index in [1.54, 1.807) is 30.5 Å². The van der Waals surface area contributed by atoms with Gasteiger partial charge >= 0.3 is 0 Å². The normalized spacial score (nSPS) is 15.0. The quantitative estimate of drug-likeness (QED) is 0.610. The van der Waals surface area contributed by atoms with Gasteiger partial charge in [0.05, 0.1) is 16.3 Å². The smallest absolute Gasteiger partial charge is 0.240 e. The summed E-state index contributed by atoms with van der Waals surface area (Å²) in [6.07, 6.45) is 5.73. The molecule has 1 fully saturated rings. The Hall–Kier alpha value is -2.36. The van der Waals surface area contributed by atoms with Gasteiger partial charge in [0.2, 0.25) is 16.0 Å². The number of anilines is 2. The number of rotatable bonds is 6. The number of hydrogen-bond donors (Lipinski definition) is 2. The van der Waals surface area contributed by atoms with E-state index in [0.29, 0.717) is 5.95 Å². The first-order chi connectivity index (χ1) is 13.9. The fourth-order valence-electron chi connectivity index (χ4n) is 3.45. The van der Waals surface area contributed by atoms with Gasteiger partial charge in [-0.3, -0.25) is 0 Å². The van der Waals surface area contributed by atoms with Gasteiger partial charge in [-0.05, 0) is 62.0 Å². The molecule has 1 aromatic carbocycles. The highest BCUT2D eigenvalue weighted by Crippen LogP contribution is 2.26. The van der Waals surface area contributed by atoms with E-state index in [2.05, 4.69) is 24.4 Å². The number of benzene rings is 1. The predicted molar refractivity (Wildman–Crippen MR) is 115 cm³/mol. The molecule has 152 valence electrons. The third-order valence-electron chi connectivity index (χ3n) is 4.95. The van der Waals surface area contributed by atoms with Crippen LogP contribution in [0.1, 0.15) is 36.9 Å². The summed E-state index contributed by atoms with van der Waals surface area (Å²) in [6.45, 7) is 3.86. The summed E-state index contributed by atoms with van der Waals surface area (Å²) in [7, 11) is -3.50. The Morgan fingerprint density at radius 2 is 1.83 bits per heavy atom. The molecule has 3 aromatic rings. The Morgan fingerprint density at radius 3 is 2.48 bits per heavy atom. The molecule has 1 aliphatic carbocycles. The topological polar surface area (TPSA) is 96.9 Å². The molecule has 1 aliphatic rings. The number of aryl methyl sites for hydroxylation is 2. The molecule has 2 aromatic heterocycles. The van der Waals surface area contributed by atoms with E-state index >= 15 is 0 Å². The molecule has 9 heteroatoms. The predicted octanol–water partition coefficient (Wildman–Crippen LogP) is 4.18. The average molecular weight is 430 g/mol. The summed E-state index contributed by atoms with van der Waals surface area (Å²) in [5.74, 6) is 0.480. The zero-order valence-electron chi connectivity index (χ0n) is 16.3. The van der Waals surface area contributed by atoms with Crippen molar-refractivity contribution in [3.05, 3.63) is 47.8 Å². The highest BCUT2D eigenvalue weighted by molar-refractivity contribution is 7.89. The molecular formula is C20H23N5O2S2. The fraction of sp³-hybridized carbons (Fsp3) is 0.350. The van der Waals surface area contributed by atoms with Gasteiger partial charge in [0.1, 0.15) is 5.00 Å². The zero-order chi connectivity index (χ0) is 20.4. The second kappa shape index (κ2) is 8.17. The van der Waals surface area contributed by atoms with Crippen molar-refractivity contribution in [2.24, 2.45) is 0 Å². The van der Waals surface area contributed by atoms with Crippen molar-refractivity contribution < 1.29 is 8.42 Å². The number of aromatic nitrogens is 3. The second-order valence-corrected chi connectivity index (χ2v) is 9.83. The van der Waals surface area contributed by atoms with E-state index in [1.165, 1.54) is 11.5 Å². The molecule has 0 spiro atoms. The maximum Gasteiger partial charge on any atom is 0.240 e. The average Bonchev–Trinajstić information content (AvgIpc) is 3.35. The van der Waals surface area contributed by atoms with Gasteiger partial charge in [-0.25, -0.2) is 23.1 Å². The van der Waals surface area contributed by atoms with Crippen molar-refractivity contribution in [2.45, 2.75) is 50.5 Å². The minimum Gasteiger partial charge on any atom is -0.314 e. The standard InChI is InChI=1S/C20H23N5O2S2/c1-13-12-21-20(22-18-11-14(2)24-28-18)23-19(13)15-7-9-17(10-8-15)29(26,27)25-16-5-3-4-6-16/h7-12,16,25H,3-6H2,1-2H3,(H,21,22,23). The van der Waals surface area contributed by atoms with Crippen LogP contribution < -0.4 is 10.0 Å². The van der Waals surface area contributed by atoms with Crippen molar-refractivity contribution in [3.8, 4) is 11.3 Å². The first-order valence-corrected chi connectivity index (χ1v) is 11.8. The summed E-state index contributed by atoms with van der Waals surface area (Å²) >= 11 is 1.35. The van der Waals surface area contributed by atoms with Gasteiger partial charge in [0.25, 0.3) is 0 Å². The lowest BCUT2D eigenvalue weighted by Crippen LogP contribution is -2.32. The Morgan fingerprint density at radius 1 is 1.10 bits per heavy atom. The molecule has 4 rings (SSSR count). The van der Waals surface area contributed by atoms with Gasteiger partial charge in [0.15, 0.2) is 0 Å². The summed E-state index contributed by atoms with van der Waals surface area (Å²) < 4.78 is 32.3. The van der Waals surface area contributed by atoms with Crippen LogP contribution in [-0.2, 0) is 10.0 Å². The first kappa shape index (κ1) is 19.9. The first-order valence-electron chi connectivity index (χ1n) is 9.57. The van der Waals surface area contributed by atoms with Crippen LogP contribution in [0.15, 0.2) is 41.4 Å². The molecule has 29 heavy (non-hydrogen) atoms. The highest BCUT2D eigenvalue weighted by atomic mass is 32.2. The van der Waals surface area contributed by atoms with Crippen molar-refractivity contribution >= 4 is 32.5 Å². The third-order valence-corrected chi connectivity index (χ3v) is 7.28. The monoisotopic (exact) mass is 429 g/mol. The minimum absolute atomic E-state index is 0.0489. The van der Waals surface area contributed by atoms with Crippen LogP contribution in [0.5, 0.6) is 0 Å². The van der Waals surface area contributed by atoms with Gasteiger partial charge in [0, 0.05) is 17.8 Å². The maximum absolute atomic E-state index is 12.6. The molecule has 0 amide bonds. The molecule has 7 nitrogen and oxygen atoms in total. The Balaban J connectivity index is 1.56. The van der Waals surface area contributed by atoms with E-state index in [1.807, 2.05) is 19.9 Å². The number of nitrogens with zero attached hydrogens (tertiary/aromatic N) is 3. The van der Waals surface area contributed by atoms with Crippen LogP contribution in [0, 0.1) is 13.8 Å². The summed E-state index contributed by atoms with van der Waals surface area (Å²) in [4.78, 5) is 9.22. The lowest BCUT2D eigenvalue weighted by atomic mass is 10.1. The molecule has 0 radical (unpaired) electrons. The molecule has 0 aliphatic heterocycles. The zero-order valence-corrected chi connectivity index (χ0v) is 18.0. The van der Waals surface area contributed by atoms with Crippen LogP contribution in [0.2, 0.25) is 0 Å². The number of sulfonamides is 1. The van der Waals surface area contributed by atoms with E-state index in [9.17, 15) is 8.42 Å². The molecule has 0 atom stereocenters. The van der Waals surface area contributed by atoms with Crippen LogP contribution in [0.25, 0.3) is 11.3 Å². The Bertz CT molecular complexity index is 1100. The Kier molecular flexibility index (Phi) is 5.62. The molecule has 1 saturated carbocycles. The molecule has 0 saturated heterocycles. The third kappa shape index (κ3) is 4.63. The summed E-state index contributed by atoms with van der Waals surface area (Å²) in [6, 6.07) is 8.83. The maximum atomic E-state index is 12.6. The molecule has 2 heterocycles. The van der Waals surface area contributed by atoms with Crippen LogP contribution in [0.3, 0.4) is 0 Å². The van der Waals surface area contributed by atoms with Crippen molar-refractivity contribution in [3.63, 3.8) is 0 Å². The van der Waals surface area contributed by atoms with Crippen LogP contribution >= 0.6 is 11.5 Å². The molecule has 2 N–H and O–H groups in total. The van der Waals surface area contributed by atoms with Gasteiger partial charge in [-0.2, -0.15) is 4.37 Å². The lowest BCUT2D eigenvalue weighted by molar-refractivity contribution is 0.552. The SMILES string of the molecule is Cc1cc(Nc2ncc(C)c(-c3ccc(S(=O)(=O)NC4CCCC4)cc3)n2)sn1. The minimum atomic E-state index is -3.50. The van der Waals surface area contributed by atoms with E-state index in [-0.39, 0.29) is 10.9 Å². The van der Waals surface area contributed by atoms with Gasteiger partial charge < -0.3 is 5.32 Å². The van der Waals surface area contributed by atoms with E-state index < -0.39 is 10.0 Å². The van der Waals surface area contributed by atoms with Gasteiger partial charge in [-0.15, -0.1) is 0 Å². The lowest BCUT2D eigenvalue weighted by Gasteiger charge is -2.13. The Labute approximate surface area is 174 Å². The van der Waals surface area contributed by atoms with Crippen molar-refractivity contribution in [2.75, 3.05) is 5.32 Å². The number of hydrogen-bond acceptors (Lipinski definition) is 7.